The topological polar surface area (TPSA) is 90.5 Å². The third-order valence-electron chi connectivity index (χ3n) is 3.41. The van der Waals surface area contributed by atoms with Crippen molar-refractivity contribution < 1.29 is 14.5 Å². The molecule has 114 valence electrons. The van der Waals surface area contributed by atoms with Crippen molar-refractivity contribution in [1.29, 1.82) is 0 Å². The first-order chi connectivity index (χ1) is 10.6. The number of aromatic nitrogens is 2. The molecule has 8 heteroatoms. The van der Waals surface area contributed by atoms with E-state index in [9.17, 15) is 14.9 Å². The van der Waals surface area contributed by atoms with Gasteiger partial charge in [0.2, 0.25) is 5.91 Å². The Kier molecular flexibility index (Phi) is 3.73. The first-order valence-corrected chi connectivity index (χ1v) is 6.84. The number of nitrogens with zero attached hydrogens (tertiary/aromatic N) is 4. The van der Waals surface area contributed by atoms with Crippen molar-refractivity contribution in [2.24, 2.45) is 0 Å². The Morgan fingerprint density at radius 3 is 3.00 bits per heavy atom. The quantitative estimate of drug-likeness (QED) is 0.632. The fourth-order valence-electron chi connectivity index (χ4n) is 2.34. The van der Waals surface area contributed by atoms with Gasteiger partial charge in [-0.25, -0.2) is 0 Å². The Bertz CT molecular complexity index is 712. The molecule has 1 aliphatic rings. The number of benzene rings is 1. The summed E-state index contributed by atoms with van der Waals surface area (Å²) in [6, 6.07) is 7.37. The average molecular weight is 302 g/mol. The van der Waals surface area contributed by atoms with Crippen LogP contribution in [0.25, 0.3) is 0 Å². The third-order valence-corrected chi connectivity index (χ3v) is 3.41. The highest BCUT2D eigenvalue weighted by Gasteiger charge is 2.23. The molecule has 0 radical (unpaired) electrons. The lowest BCUT2D eigenvalue weighted by atomic mass is 10.2. The van der Waals surface area contributed by atoms with E-state index in [-0.39, 0.29) is 18.0 Å². The Balaban J connectivity index is 1.66. The standard InChI is InChI=1S/C14H14N4O4/c19-14(5-6-16-10-11(9-15-16)18(20)21)17-7-8-22-13-4-2-1-3-12(13)17/h1-4,9-10H,5-8H2. The summed E-state index contributed by atoms with van der Waals surface area (Å²) in [5.41, 5.74) is 0.675. The van der Waals surface area contributed by atoms with E-state index in [2.05, 4.69) is 5.10 Å². The zero-order valence-corrected chi connectivity index (χ0v) is 11.7. The highest BCUT2D eigenvalue weighted by Crippen LogP contribution is 2.31. The molecule has 0 unspecified atom stereocenters. The molecular formula is C14H14N4O4. The van der Waals surface area contributed by atoms with Crippen molar-refractivity contribution in [3.8, 4) is 5.75 Å². The number of carbonyl (C=O) groups is 1. The second-order valence-corrected chi connectivity index (χ2v) is 4.83. The molecule has 22 heavy (non-hydrogen) atoms. The zero-order valence-electron chi connectivity index (χ0n) is 11.7. The molecule has 0 aliphatic carbocycles. The maximum Gasteiger partial charge on any atom is 0.306 e. The molecule has 1 aliphatic heterocycles. The van der Waals surface area contributed by atoms with Gasteiger partial charge in [-0.15, -0.1) is 0 Å². The van der Waals surface area contributed by atoms with Crippen LogP contribution in [0.4, 0.5) is 11.4 Å². The molecule has 0 bridgehead atoms. The summed E-state index contributed by atoms with van der Waals surface area (Å²) in [5.74, 6) is 0.630. The van der Waals surface area contributed by atoms with E-state index in [0.29, 0.717) is 25.4 Å². The van der Waals surface area contributed by atoms with Gasteiger partial charge in [-0.2, -0.15) is 5.10 Å². The Labute approximate surface area is 126 Å². The van der Waals surface area contributed by atoms with E-state index in [1.54, 1.807) is 4.90 Å². The second kappa shape index (κ2) is 5.84. The molecule has 1 aromatic carbocycles. The average Bonchev–Trinajstić information content (AvgIpc) is 3.01. The normalized spacial score (nSPS) is 13.4. The van der Waals surface area contributed by atoms with Crippen LogP contribution in [0.1, 0.15) is 6.42 Å². The van der Waals surface area contributed by atoms with Crippen molar-refractivity contribution in [2.45, 2.75) is 13.0 Å². The van der Waals surface area contributed by atoms with Gasteiger partial charge in [0.1, 0.15) is 24.8 Å². The molecule has 0 atom stereocenters. The lowest BCUT2D eigenvalue weighted by Gasteiger charge is -2.29. The van der Waals surface area contributed by atoms with Gasteiger partial charge in [-0.1, -0.05) is 12.1 Å². The van der Waals surface area contributed by atoms with Gasteiger partial charge >= 0.3 is 5.69 Å². The lowest BCUT2D eigenvalue weighted by Crippen LogP contribution is -2.38. The molecule has 2 aromatic rings. The van der Waals surface area contributed by atoms with Crippen LogP contribution >= 0.6 is 0 Å². The van der Waals surface area contributed by atoms with E-state index < -0.39 is 4.92 Å². The number of ether oxygens (including phenoxy) is 1. The van der Waals surface area contributed by atoms with Crippen molar-refractivity contribution in [3.63, 3.8) is 0 Å². The van der Waals surface area contributed by atoms with Crippen LogP contribution in [0.15, 0.2) is 36.7 Å². The maximum absolute atomic E-state index is 12.4. The smallest absolute Gasteiger partial charge is 0.306 e. The summed E-state index contributed by atoms with van der Waals surface area (Å²) in [6.07, 6.45) is 2.71. The number of hydrogen-bond acceptors (Lipinski definition) is 5. The lowest BCUT2D eigenvalue weighted by molar-refractivity contribution is -0.385. The summed E-state index contributed by atoms with van der Waals surface area (Å²) < 4.78 is 6.92. The zero-order chi connectivity index (χ0) is 15.5. The monoisotopic (exact) mass is 302 g/mol. The van der Waals surface area contributed by atoms with E-state index in [0.717, 1.165) is 5.69 Å². The molecule has 0 spiro atoms. The van der Waals surface area contributed by atoms with E-state index in [1.807, 2.05) is 24.3 Å². The molecule has 2 heterocycles. The van der Waals surface area contributed by atoms with E-state index in [4.69, 9.17) is 4.74 Å². The highest BCUT2D eigenvalue weighted by atomic mass is 16.6. The van der Waals surface area contributed by atoms with Gasteiger partial charge in [-0.3, -0.25) is 19.6 Å². The summed E-state index contributed by atoms with van der Waals surface area (Å²) in [5, 5.41) is 14.5. The Morgan fingerprint density at radius 1 is 1.41 bits per heavy atom. The minimum atomic E-state index is -0.510. The first-order valence-electron chi connectivity index (χ1n) is 6.84. The summed E-state index contributed by atoms with van der Waals surface area (Å²) in [7, 11) is 0. The van der Waals surface area contributed by atoms with Crippen LogP contribution < -0.4 is 9.64 Å². The minimum Gasteiger partial charge on any atom is -0.490 e. The number of amides is 1. The van der Waals surface area contributed by atoms with Crippen LogP contribution in [-0.4, -0.2) is 33.8 Å². The molecule has 3 rings (SSSR count). The number of para-hydroxylation sites is 2. The minimum absolute atomic E-state index is 0.0612. The Morgan fingerprint density at radius 2 is 2.23 bits per heavy atom. The molecule has 0 saturated heterocycles. The molecular weight excluding hydrogens is 288 g/mol. The van der Waals surface area contributed by atoms with E-state index in [1.165, 1.54) is 17.1 Å². The van der Waals surface area contributed by atoms with Gasteiger partial charge in [0.15, 0.2) is 0 Å². The number of aryl methyl sites for hydroxylation is 1. The van der Waals surface area contributed by atoms with Crippen molar-refractivity contribution in [2.75, 3.05) is 18.1 Å². The van der Waals surface area contributed by atoms with E-state index >= 15 is 0 Å². The molecule has 1 amide bonds. The van der Waals surface area contributed by atoms with Crippen LogP contribution in [0.5, 0.6) is 5.75 Å². The van der Waals surface area contributed by atoms with Crippen molar-refractivity contribution in [1.82, 2.24) is 9.78 Å². The van der Waals surface area contributed by atoms with Crippen LogP contribution in [0, 0.1) is 10.1 Å². The van der Waals surface area contributed by atoms with Crippen LogP contribution in [0.2, 0.25) is 0 Å². The van der Waals surface area contributed by atoms with Crippen LogP contribution in [-0.2, 0) is 11.3 Å². The SMILES string of the molecule is O=C(CCn1cc([N+](=O)[O-])cn1)N1CCOc2ccccc21. The molecule has 0 fully saturated rings. The number of fused-ring (bicyclic) bond motifs is 1. The van der Waals surface area contributed by atoms with Crippen LogP contribution in [0.3, 0.4) is 0 Å². The summed E-state index contributed by atoms with van der Waals surface area (Å²) in [4.78, 5) is 24.1. The molecule has 8 nitrogen and oxygen atoms in total. The molecule has 1 aromatic heterocycles. The van der Waals surface area contributed by atoms with Crippen molar-refractivity contribution >= 4 is 17.3 Å². The third kappa shape index (κ3) is 2.76. The van der Waals surface area contributed by atoms with Gasteiger partial charge in [0.25, 0.3) is 0 Å². The van der Waals surface area contributed by atoms with Crippen molar-refractivity contribution in [3.05, 3.63) is 46.8 Å². The summed E-state index contributed by atoms with van der Waals surface area (Å²) in [6.45, 7) is 1.25. The maximum atomic E-state index is 12.4. The summed E-state index contributed by atoms with van der Waals surface area (Å²) >= 11 is 0. The van der Waals surface area contributed by atoms with Gasteiger partial charge in [0, 0.05) is 13.0 Å². The number of nitro groups is 1. The van der Waals surface area contributed by atoms with Gasteiger partial charge < -0.3 is 9.64 Å². The van der Waals surface area contributed by atoms with Gasteiger partial charge in [0.05, 0.1) is 17.2 Å². The largest absolute Gasteiger partial charge is 0.490 e. The number of carbonyl (C=O) groups excluding carboxylic acids is 1. The van der Waals surface area contributed by atoms with Gasteiger partial charge in [-0.05, 0) is 12.1 Å². The second-order valence-electron chi connectivity index (χ2n) is 4.83. The Hall–Kier alpha value is -2.90. The fourth-order valence-corrected chi connectivity index (χ4v) is 2.34. The number of anilines is 1. The molecule has 0 N–H and O–H groups in total. The predicted molar refractivity (Wildman–Crippen MR) is 77.8 cm³/mol. The first kappa shape index (κ1) is 14.1. The fraction of sp³-hybridized carbons (Fsp3) is 0.286. The predicted octanol–water partition coefficient (Wildman–Crippen LogP) is 1.61. The number of hydrogen-bond donors (Lipinski definition) is 0. The molecule has 0 saturated carbocycles. The number of rotatable bonds is 4. The highest BCUT2D eigenvalue weighted by molar-refractivity contribution is 5.95.